The Bertz CT molecular complexity index is 391. The molecule has 0 aromatic carbocycles. The Morgan fingerprint density at radius 1 is 1.37 bits per heavy atom. The second kappa shape index (κ2) is 6.06. The van der Waals surface area contributed by atoms with E-state index in [9.17, 15) is 0 Å². The summed E-state index contributed by atoms with van der Waals surface area (Å²) in [5.41, 5.74) is 7.66. The van der Waals surface area contributed by atoms with Gasteiger partial charge in [0.1, 0.15) is 0 Å². The van der Waals surface area contributed by atoms with E-state index in [2.05, 4.69) is 37.0 Å². The topological polar surface area (TPSA) is 47.1 Å². The van der Waals surface area contributed by atoms with Gasteiger partial charge in [-0.15, -0.1) is 0 Å². The van der Waals surface area contributed by atoms with Crippen LogP contribution in [0.4, 0.5) is 0 Å². The fraction of sp³-hybridized carbons (Fsp3) is 0.800. The van der Waals surface area contributed by atoms with Gasteiger partial charge in [0.05, 0.1) is 12.2 Å². The molecule has 2 N–H and O–H groups in total. The van der Waals surface area contributed by atoms with Crippen LogP contribution in [-0.4, -0.2) is 33.8 Å². The van der Waals surface area contributed by atoms with Crippen molar-refractivity contribution in [3.8, 4) is 0 Å². The zero-order chi connectivity index (χ0) is 14.0. The van der Waals surface area contributed by atoms with E-state index >= 15 is 0 Å². The molecule has 0 radical (unpaired) electrons. The van der Waals surface area contributed by atoms with Crippen LogP contribution in [0, 0.1) is 11.8 Å². The third-order valence-corrected chi connectivity index (χ3v) is 4.23. The first-order chi connectivity index (χ1) is 9.01. The molecule has 2 rings (SSSR count). The van der Waals surface area contributed by atoms with Gasteiger partial charge in [-0.05, 0) is 24.7 Å². The van der Waals surface area contributed by atoms with Gasteiger partial charge in [0.15, 0.2) is 0 Å². The van der Waals surface area contributed by atoms with Crippen LogP contribution in [0.1, 0.15) is 45.2 Å². The van der Waals surface area contributed by atoms with Gasteiger partial charge in [-0.1, -0.05) is 20.8 Å². The van der Waals surface area contributed by atoms with Crippen molar-refractivity contribution < 1.29 is 0 Å². The van der Waals surface area contributed by atoms with Gasteiger partial charge in [0.2, 0.25) is 0 Å². The molecule has 108 valence electrons. The van der Waals surface area contributed by atoms with E-state index in [0.29, 0.717) is 6.04 Å². The zero-order valence-electron chi connectivity index (χ0n) is 12.7. The van der Waals surface area contributed by atoms with Crippen molar-refractivity contribution in [2.24, 2.45) is 24.6 Å². The third-order valence-electron chi connectivity index (χ3n) is 4.23. The van der Waals surface area contributed by atoms with E-state index in [1.165, 1.54) is 12.0 Å². The molecule has 1 aliphatic rings. The number of nitrogens with two attached hydrogens (primary N) is 1. The maximum absolute atomic E-state index is 6.40. The number of hydrogen-bond acceptors (Lipinski definition) is 3. The van der Waals surface area contributed by atoms with E-state index < -0.39 is 0 Å². The third kappa shape index (κ3) is 3.37. The second-order valence-corrected chi connectivity index (χ2v) is 6.36. The SMILES string of the molecule is CCC(N)C(c1cnn(C)c1)N1CC(C)CC(C)C1. The molecule has 4 atom stereocenters. The molecule has 19 heavy (non-hydrogen) atoms. The molecular formula is C15H28N4. The van der Waals surface area contributed by atoms with Crippen molar-refractivity contribution in [1.82, 2.24) is 14.7 Å². The monoisotopic (exact) mass is 264 g/mol. The summed E-state index contributed by atoms with van der Waals surface area (Å²) in [4.78, 5) is 2.57. The number of aryl methyl sites for hydroxylation is 1. The molecule has 0 amide bonds. The molecule has 4 nitrogen and oxygen atoms in total. The summed E-state index contributed by atoms with van der Waals surface area (Å²) in [6.07, 6.45) is 6.42. The van der Waals surface area contributed by atoms with E-state index in [4.69, 9.17) is 5.73 Å². The summed E-state index contributed by atoms with van der Waals surface area (Å²) in [5.74, 6) is 1.51. The quantitative estimate of drug-likeness (QED) is 0.906. The molecule has 1 fully saturated rings. The normalized spacial score (nSPS) is 28.3. The molecular weight excluding hydrogens is 236 g/mol. The van der Waals surface area contributed by atoms with E-state index in [1.807, 2.05) is 17.9 Å². The fourth-order valence-electron chi connectivity index (χ4n) is 3.48. The molecule has 4 heteroatoms. The molecule has 2 heterocycles. The van der Waals surface area contributed by atoms with Gasteiger partial charge in [-0.3, -0.25) is 9.58 Å². The zero-order valence-corrected chi connectivity index (χ0v) is 12.7. The Morgan fingerprint density at radius 3 is 2.47 bits per heavy atom. The molecule has 1 aliphatic heterocycles. The average Bonchev–Trinajstić information content (AvgIpc) is 2.74. The maximum Gasteiger partial charge on any atom is 0.0538 e. The molecule has 1 saturated heterocycles. The van der Waals surface area contributed by atoms with Gasteiger partial charge in [-0.2, -0.15) is 5.10 Å². The Balaban J connectivity index is 2.22. The number of nitrogens with zero attached hydrogens (tertiary/aromatic N) is 3. The number of rotatable bonds is 4. The van der Waals surface area contributed by atoms with Crippen molar-refractivity contribution in [2.75, 3.05) is 13.1 Å². The summed E-state index contributed by atoms with van der Waals surface area (Å²) in [7, 11) is 1.97. The van der Waals surface area contributed by atoms with Crippen LogP contribution in [0.2, 0.25) is 0 Å². The lowest BCUT2D eigenvalue weighted by Gasteiger charge is -2.42. The van der Waals surface area contributed by atoms with Crippen LogP contribution >= 0.6 is 0 Å². The first kappa shape index (κ1) is 14.5. The maximum atomic E-state index is 6.40. The molecule has 0 spiro atoms. The summed E-state index contributed by atoms with van der Waals surface area (Å²) < 4.78 is 1.88. The van der Waals surface area contributed by atoms with Crippen molar-refractivity contribution in [2.45, 2.75) is 45.7 Å². The Labute approximate surface area is 117 Å². The van der Waals surface area contributed by atoms with Crippen molar-refractivity contribution >= 4 is 0 Å². The lowest BCUT2D eigenvalue weighted by atomic mass is 9.88. The van der Waals surface area contributed by atoms with Crippen molar-refractivity contribution in [1.29, 1.82) is 0 Å². The molecule has 0 saturated carbocycles. The number of aromatic nitrogens is 2. The van der Waals surface area contributed by atoms with Gasteiger partial charge >= 0.3 is 0 Å². The van der Waals surface area contributed by atoms with Gasteiger partial charge in [0.25, 0.3) is 0 Å². The Morgan fingerprint density at radius 2 is 2.00 bits per heavy atom. The number of hydrogen-bond donors (Lipinski definition) is 1. The number of piperidine rings is 1. The van der Waals surface area contributed by atoms with Gasteiger partial charge in [-0.25, -0.2) is 0 Å². The summed E-state index contributed by atoms with van der Waals surface area (Å²) in [6, 6.07) is 0.491. The average molecular weight is 264 g/mol. The van der Waals surface area contributed by atoms with Crippen molar-refractivity contribution in [3.05, 3.63) is 18.0 Å². The van der Waals surface area contributed by atoms with Crippen LogP contribution in [0.25, 0.3) is 0 Å². The van der Waals surface area contributed by atoms with Gasteiger partial charge in [0, 0.05) is 37.9 Å². The number of likely N-dealkylation sites (tertiary alicyclic amines) is 1. The van der Waals surface area contributed by atoms with Crippen LogP contribution in [0.3, 0.4) is 0 Å². The second-order valence-electron chi connectivity index (χ2n) is 6.36. The highest BCUT2D eigenvalue weighted by molar-refractivity contribution is 5.14. The predicted molar refractivity (Wildman–Crippen MR) is 78.7 cm³/mol. The summed E-state index contributed by atoms with van der Waals surface area (Å²) in [6.45, 7) is 9.17. The molecule has 1 aromatic heterocycles. The molecule has 4 unspecified atom stereocenters. The summed E-state index contributed by atoms with van der Waals surface area (Å²) in [5, 5.41) is 4.32. The smallest absolute Gasteiger partial charge is 0.0538 e. The van der Waals surface area contributed by atoms with Crippen LogP contribution in [0.5, 0.6) is 0 Å². The first-order valence-electron chi connectivity index (χ1n) is 7.49. The van der Waals surface area contributed by atoms with E-state index in [-0.39, 0.29) is 6.04 Å². The van der Waals surface area contributed by atoms with Crippen molar-refractivity contribution in [3.63, 3.8) is 0 Å². The van der Waals surface area contributed by atoms with Crippen LogP contribution < -0.4 is 5.73 Å². The molecule has 1 aromatic rings. The highest BCUT2D eigenvalue weighted by atomic mass is 15.3. The summed E-state index contributed by atoms with van der Waals surface area (Å²) >= 11 is 0. The van der Waals surface area contributed by atoms with Crippen LogP contribution in [0.15, 0.2) is 12.4 Å². The standard InChI is InChI=1S/C15H28N4/c1-5-14(16)15(13-7-17-18(4)10-13)19-8-11(2)6-12(3)9-19/h7,10-12,14-15H,5-6,8-9,16H2,1-4H3. The fourth-order valence-corrected chi connectivity index (χ4v) is 3.48. The Hall–Kier alpha value is -0.870. The molecule has 0 aliphatic carbocycles. The minimum absolute atomic E-state index is 0.182. The van der Waals surface area contributed by atoms with E-state index in [0.717, 1.165) is 31.3 Å². The van der Waals surface area contributed by atoms with E-state index in [1.54, 1.807) is 0 Å². The highest BCUT2D eigenvalue weighted by Crippen LogP contribution is 2.31. The predicted octanol–water partition coefficient (Wildman–Crippen LogP) is 2.18. The molecule has 0 bridgehead atoms. The lowest BCUT2D eigenvalue weighted by Crippen LogP contribution is -2.47. The lowest BCUT2D eigenvalue weighted by molar-refractivity contribution is 0.0810. The highest BCUT2D eigenvalue weighted by Gasteiger charge is 2.32. The van der Waals surface area contributed by atoms with Crippen LogP contribution in [-0.2, 0) is 7.05 Å². The largest absolute Gasteiger partial charge is 0.326 e. The van der Waals surface area contributed by atoms with Gasteiger partial charge < -0.3 is 5.73 Å². The minimum atomic E-state index is 0.182. The minimum Gasteiger partial charge on any atom is -0.326 e. The Kier molecular flexibility index (Phi) is 4.63. The first-order valence-corrected chi connectivity index (χ1v) is 7.49.